The fourth-order valence-corrected chi connectivity index (χ4v) is 1.51. The van der Waals surface area contributed by atoms with E-state index in [9.17, 15) is 4.79 Å². The molecule has 0 saturated heterocycles. The zero-order chi connectivity index (χ0) is 12.8. The molecule has 0 aliphatic carbocycles. The maximum atomic E-state index is 11.4. The van der Waals surface area contributed by atoms with Crippen LogP contribution in [0.15, 0.2) is 18.2 Å². The molecule has 0 spiro atoms. The number of rotatable bonds is 6. The molecular weight excluding hydrogens is 216 g/mol. The summed E-state index contributed by atoms with van der Waals surface area (Å²) in [6.07, 6.45) is 0.925. The van der Waals surface area contributed by atoms with E-state index >= 15 is 0 Å². The number of benzene rings is 1. The van der Waals surface area contributed by atoms with Crippen molar-refractivity contribution in [3.63, 3.8) is 0 Å². The minimum absolute atomic E-state index is 0.0279. The van der Waals surface area contributed by atoms with Gasteiger partial charge in [-0.3, -0.25) is 4.79 Å². The molecule has 0 aliphatic heterocycles. The van der Waals surface area contributed by atoms with E-state index in [0.29, 0.717) is 23.6 Å². The number of Topliss-reactive ketones (excluding diaryl/α,β-unsaturated/α-hetero) is 1. The summed E-state index contributed by atoms with van der Waals surface area (Å²) in [5.41, 5.74) is 6.78. The molecule has 0 unspecified atom stereocenters. The van der Waals surface area contributed by atoms with Crippen molar-refractivity contribution < 1.29 is 9.53 Å². The topological polar surface area (TPSA) is 55.6 Å². The third-order valence-electron chi connectivity index (χ3n) is 2.39. The molecule has 0 saturated carbocycles. The number of hydrogen-bond donors (Lipinski definition) is 1. The summed E-state index contributed by atoms with van der Waals surface area (Å²) in [4.78, 5) is 13.5. The van der Waals surface area contributed by atoms with Crippen molar-refractivity contribution in [3.05, 3.63) is 23.8 Å². The number of ether oxygens (including phenoxy) is 1. The second-order valence-electron chi connectivity index (χ2n) is 4.32. The van der Waals surface area contributed by atoms with Crippen molar-refractivity contribution in [1.29, 1.82) is 0 Å². The SMILES string of the molecule is CC(=O)c1cc(N)ccc1OCCCN(C)C. The number of ketones is 1. The quantitative estimate of drug-likeness (QED) is 0.465. The molecule has 94 valence electrons. The molecule has 0 radical (unpaired) electrons. The van der Waals surface area contributed by atoms with Gasteiger partial charge in [-0.05, 0) is 45.6 Å². The predicted octanol–water partition coefficient (Wildman–Crippen LogP) is 1.80. The molecule has 1 aromatic carbocycles. The number of hydrogen-bond acceptors (Lipinski definition) is 4. The summed E-state index contributed by atoms with van der Waals surface area (Å²) in [5, 5.41) is 0. The molecule has 0 fully saturated rings. The van der Waals surface area contributed by atoms with E-state index in [1.807, 2.05) is 14.1 Å². The van der Waals surface area contributed by atoms with Crippen LogP contribution in [0.4, 0.5) is 5.69 Å². The molecule has 0 atom stereocenters. The van der Waals surface area contributed by atoms with Gasteiger partial charge >= 0.3 is 0 Å². The molecule has 0 aromatic heterocycles. The first-order valence-electron chi connectivity index (χ1n) is 5.68. The van der Waals surface area contributed by atoms with E-state index in [-0.39, 0.29) is 5.78 Å². The maximum Gasteiger partial charge on any atom is 0.163 e. The Kier molecular flexibility index (Phi) is 4.97. The van der Waals surface area contributed by atoms with Crippen LogP contribution in [0, 0.1) is 0 Å². The van der Waals surface area contributed by atoms with Crippen LogP contribution in [-0.2, 0) is 0 Å². The second-order valence-corrected chi connectivity index (χ2v) is 4.32. The third kappa shape index (κ3) is 4.44. The Morgan fingerprint density at radius 1 is 1.41 bits per heavy atom. The molecule has 0 heterocycles. The zero-order valence-electron chi connectivity index (χ0n) is 10.7. The molecule has 0 bridgehead atoms. The Morgan fingerprint density at radius 2 is 2.12 bits per heavy atom. The third-order valence-corrected chi connectivity index (χ3v) is 2.39. The Hall–Kier alpha value is -1.55. The van der Waals surface area contributed by atoms with Gasteiger partial charge in [-0.1, -0.05) is 0 Å². The first-order valence-corrected chi connectivity index (χ1v) is 5.68. The van der Waals surface area contributed by atoms with Crippen LogP contribution in [0.1, 0.15) is 23.7 Å². The van der Waals surface area contributed by atoms with E-state index in [0.717, 1.165) is 13.0 Å². The highest BCUT2D eigenvalue weighted by Gasteiger charge is 2.08. The van der Waals surface area contributed by atoms with Crippen molar-refractivity contribution in [3.8, 4) is 5.75 Å². The molecule has 1 rings (SSSR count). The van der Waals surface area contributed by atoms with Crippen LogP contribution in [0.25, 0.3) is 0 Å². The average Bonchev–Trinajstić information content (AvgIpc) is 2.25. The number of nitrogens with two attached hydrogens (primary N) is 1. The monoisotopic (exact) mass is 236 g/mol. The molecular formula is C13H20N2O2. The van der Waals surface area contributed by atoms with Gasteiger partial charge < -0.3 is 15.4 Å². The number of carbonyl (C=O) groups excluding carboxylic acids is 1. The molecule has 2 N–H and O–H groups in total. The summed E-state index contributed by atoms with van der Waals surface area (Å²) in [6.45, 7) is 3.08. The Morgan fingerprint density at radius 3 is 2.71 bits per heavy atom. The van der Waals surface area contributed by atoms with Crippen LogP contribution < -0.4 is 10.5 Å². The molecule has 17 heavy (non-hydrogen) atoms. The molecule has 0 aliphatic rings. The first-order chi connectivity index (χ1) is 8.00. The van der Waals surface area contributed by atoms with Crippen LogP contribution in [0.3, 0.4) is 0 Å². The minimum atomic E-state index is -0.0279. The predicted molar refractivity (Wildman–Crippen MR) is 69.5 cm³/mol. The Labute approximate surface area is 102 Å². The van der Waals surface area contributed by atoms with Crippen molar-refractivity contribution >= 4 is 11.5 Å². The summed E-state index contributed by atoms with van der Waals surface area (Å²) in [7, 11) is 4.04. The van der Waals surface area contributed by atoms with E-state index < -0.39 is 0 Å². The van der Waals surface area contributed by atoms with Gasteiger partial charge in [0.05, 0.1) is 12.2 Å². The Balaban J connectivity index is 2.61. The summed E-state index contributed by atoms with van der Waals surface area (Å²) in [5.74, 6) is 0.588. The van der Waals surface area contributed by atoms with Gasteiger partial charge in [-0.2, -0.15) is 0 Å². The lowest BCUT2D eigenvalue weighted by molar-refractivity contribution is 0.101. The Bertz CT molecular complexity index is 389. The van der Waals surface area contributed by atoms with Gasteiger partial charge in [0.15, 0.2) is 5.78 Å². The van der Waals surface area contributed by atoms with Gasteiger partial charge in [0.25, 0.3) is 0 Å². The van der Waals surface area contributed by atoms with Gasteiger partial charge in [0, 0.05) is 12.2 Å². The van der Waals surface area contributed by atoms with Crippen molar-refractivity contribution in [1.82, 2.24) is 4.90 Å². The van der Waals surface area contributed by atoms with E-state index in [1.165, 1.54) is 6.92 Å². The zero-order valence-corrected chi connectivity index (χ0v) is 10.7. The van der Waals surface area contributed by atoms with Crippen LogP contribution >= 0.6 is 0 Å². The number of anilines is 1. The molecule has 0 amide bonds. The van der Waals surface area contributed by atoms with Gasteiger partial charge in [0.2, 0.25) is 0 Å². The number of nitrogens with zero attached hydrogens (tertiary/aromatic N) is 1. The molecule has 4 nitrogen and oxygen atoms in total. The number of carbonyl (C=O) groups is 1. The van der Waals surface area contributed by atoms with Crippen LogP contribution in [0.5, 0.6) is 5.75 Å². The summed E-state index contributed by atoms with van der Waals surface area (Å²) < 4.78 is 5.60. The average molecular weight is 236 g/mol. The van der Waals surface area contributed by atoms with Crippen LogP contribution in [-0.4, -0.2) is 37.9 Å². The first kappa shape index (κ1) is 13.5. The minimum Gasteiger partial charge on any atom is -0.493 e. The van der Waals surface area contributed by atoms with Crippen molar-refractivity contribution in [2.75, 3.05) is 33.0 Å². The van der Waals surface area contributed by atoms with E-state index in [1.54, 1.807) is 18.2 Å². The standard InChI is InChI=1S/C13H20N2O2/c1-10(16)12-9-11(14)5-6-13(12)17-8-4-7-15(2)3/h5-6,9H,4,7-8,14H2,1-3H3. The normalized spacial score (nSPS) is 10.6. The molecule has 4 heteroatoms. The van der Waals surface area contributed by atoms with Gasteiger partial charge in [-0.25, -0.2) is 0 Å². The second kappa shape index (κ2) is 6.25. The lowest BCUT2D eigenvalue weighted by Gasteiger charge is -2.12. The lowest BCUT2D eigenvalue weighted by Crippen LogP contribution is -2.16. The summed E-state index contributed by atoms with van der Waals surface area (Å²) in [6, 6.07) is 5.15. The number of nitrogen functional groups attached to an aromatic ring is 1. The maximum absolute atomic E-state index is 11.4. The highest BCUT2D eigenvalue weighted by molar-refractivity contribution is 5.97. The van der Waals surface area contributed by atoms with Crippen LogP contribution in [0.2, 0.25) is 0 Å². The largest absolute Gasteiger partial charge is 0.493 e. The highest BCUT2D eigenvalue weighted by atomic mass is 16.5. The summed E-state index contributed by atoms with van der Waals surface area (Å²) >= 11 is 0. The van der Waals surface area contributed by atoms with Gasteiger partial charge in [-0.15, -0.1) is 0 Å². The smallest absolute Gasteiger partial charge is 0.163 e. The van der Waals surface area contributed by atoms with Crippen molar-refractivity contribution in [2.45, 2.75) is 13.3 Å². The molecule has 1 aromatic rings. The van der Waals surface area contributed by atoms with Gasteiger partial charge in [0.1, 0.15) is 5.75 Å². The van der Waals surface area contributed by atoms with E-state index in [4.69, 9.17) is 10.5 Å². The van der Waals surface area contributed by atoms with Crippen molar-refractivity contribution in [2.24, 2.45) is 0 Å². The highest BCUT2D eigenvalue weighted by Crippen LogP contribution is 2.22. The van der Waals surface area contributed by atoms with E-state index in [2.05, 4.69) is 4.90 Å². The fraction of sp³-hybridized carbons (Fsp3) is 0.462. The fourth-order valence-electron chi connectivity index (χ4n) is 1.51. The lowest BCUT2D eigenvalue weighted by atomic mass is 10.1.